The Bertz CT molecular complexity index is 1060. The monoisotopic (exact) mass is 516 g/mol. The molecule has 0 radical (unpaired) electrons. The molecule has 0 aliphatic carbocycles. The second kappa shape index (κ2) is 13.5. The molecule has 0 N–H and O–H groups in total. The van der Waals surface area contributed by atoms with Crippen LogP contribution in [0.5, 0.6) is 11.5 Å². The Hall–Kier alpha value is -3.02. The molecule has 0 aromatic heterocycles. The molecule has 3 rings (SSSR count). The molecule has 3 aromatic carbocycles. The Morgan fingerprint density at radius 1 is 0.486 bits per heavy atom. The van der Waals surface area contributed by atoms with E-state index in [0.29, 0.717) is 0 Å². The quantitative estimate of drug-likeness (QED) is 0.148. The van der Waals surface area contributed by atoms with Crippen LogP contribution in [-0.4, -0.2) is 0 Å². The molecule has 6 heteroatoms. The van der Waals surface area contributed by atoms with Gasteiger partial charge in [0.1, 0.15) is 11.5 Å². The van der Waals surface area contributed by atoms with Gasteiger partial charge in [0.25, 0.3) is 0 Å². The Morgan fingerprint density at radius 2 is 0.838 bits per heavy atom. The molecule has 0 bridgehead atoms. The van der Waals surface area contributed by atoms with E-state index in [0.717, 1.165) is 86.8 Å². The van der Waals surface area contributed by atoms with E-state index in [-0.39, 0.29) is 11.5 Å². The Balaban J connectivity index is 1.59. The lowest BCUT2D eigenvalue weighted by Crippen LogP contribution is -2.24. The molecule has 3 aromatic rings. The molecule has 2 nitrogen and oxygen atoms in total. The van der Waals surface area contributed by atoms with E-state index in [1.807, 2.05) is 0 Å². The van der Waals surface area contributed by atoms with E-state index in [4.69, 9.17) is 9.47 Å². The van der Waals surface area contributed by atoms with Gasteiger partial charge in [-0.1, -0.05) is 70.2 Å². The largest absolute Gasteiger partial charge is 0.429 e. The highest BCUT2D eigenvalue weighted by molar-refractivity contribution is 5.32. The minimum atomic E-state index is -3.68. The van der Waals surface area contributed by atoms with E-state index >= 15 is 0 Å². The predicted octanol–water partition coefficient (Wildman–Crippen LogP) is 9.80. The van der Waals surface area contributed by atoms with Crippen molar-refractivity contribution in [2.75, 3.05) is 0 Å². The molecule has 0 amide bonds. The number of unbranched alkanes of at least 4 members (excludes halogenated alkanes) is 5. The van der Waals surface area contributed by atoms with Crippen LogP contribution >= 0.6 is 0 Å². The third-order valence-corrected chi connectivity index (χ3v) is 6.28. The number of benzene rings is 3. The van der Waals surface area contributed by atoms with Crippen molar-refractivity contribution >= 4 is 0 Å². The van der Waals surface area contributed by atoms with Crippen molar-refractivity contribution in [3.63, 3.8) is 0 Å². The van der Waals surface area contributed by atoms with Crippen molar-refractivity contribution in [3.05, 3.63) is 95.1 Å². The van der Waals surface area contributed by atoms with Gasteiger partial charge in [0.2, 0.25) is 0 Å². The third kappa shape index (κ3) is 8.80. The molecular formula is C31H36F4O2. The lowest BCUT2D eigenvalue weighted by molar-refractivity contribution is -0.188. The SMILES string of the molecule is CCCCCCc1ccc(OC(F)(F)c2ccc(C(F)(F)Oc3ccc(CCCCC)cc3)cc2)cc1. The molecule has 0 heterocycles. The second-order valence-corrected chi connectivity index (χ2v) is 9.37. The summed E-state index contributed by atoms with van der Waals surface area (Å²) in [6.45, 7) is 4.27. The number of hydrogen-bond donors (Lipinski definition) is 0. The number of rotatable bonds is 15. The van der Waals surface area contributed by atoms with Gasteiger partial charge in [-0.25, -0.2) is 0 Å². The predicted molar refractivity (Wildman–Crippen MR) is 139 cm³/mol. The molecule has 0 fully saturated rings. The summed E-state index contributed by atoms with van der Waals surface area (Å²) >= 11 is 0. The smallest absolute Gasteiger partial charge is 0.426 e. The summed E-state index contributed by atoms with van der Waals surface area (Å²) in [5.74, 6) is 0.0222. The zero-order valence-corrected chi connectivity index (χ0v) is 21.6. The number of hydrogen-bond acceptors (Lipinski definition) is 2. The molecule has 200 valence electrons. The topological polar surface area (TPSA) is 18.5 Å². The molecule has 0 unspecified atom stereocenters. The first kappa shape index (κ1) is 28.5. The minimum Gasteiger partial charge on any atom is -0.429 e. The van der Waals surface area contributed by atoms with Crippen LogP contribution in [-0.2, 0) is 25.1 Å². The van der Waals surface area contributed by atoms with Crippen molar-refractivity contribution in [3.8, 4) is 11.5 Å². The Labute approximate surface area is 217 Å². The maximum absolute atomic E-state index is 14.7. The molecule has 0 saturated carbocycles. The third-order valence-electron chi connectivity index (χ3n) is 6.28. The highest BCUT2D eigenvalue weighted by atomic mass is 19.3. The normalized spacial score (nSPS) is 11.9. The van der Waals surface area contributed by atoms with Crippen LogP contribution in [0.2, 0.25) is 0 Å². The molecule has 0 atom stereocenters. The van der Waals surface area contributed by atoms with Crippen LogP contribution < -0.4 is 9.47 Å². The van der Waals surface area contributed by atoms with Crippen LogP contribution in [0.4, 0.5) is 17.6 Å². The summed E-state index contributed by atoms with van der Waals surface area (Å²) in [4.78, 5) is 0. The summed E-state index contributed by atoms with van der Waals surface area (Å²) in [7, 11) is 0. The van der Waals surface area contributed by atoms with Gasteiger partial charge in [-0.3, -0.25) is 0 Å². The first-order valence-corrected chi connectivity index (χ1v) is 13.2. The number of ether oxygens (including phenoxy) is 2. The fourth-order valence-electron chi connectivity index (χ4n) is 4.06. The standard InChI is InChI=1S/C31H36F4O2/c1-3-5-7-9-11-25-14-22-29(23-15-25)37-31(34,35)27-18-16-26(17-19-27)30(32,33)36-28-20-12-24(13-21-28)10-8-6-4-2/h12-23H,3-11H2,1-2H3. The maximum Gasteiger partial charge on any atom is 0.426 e. The molecule has 0 spiro atoms. The molecule has 37 heavy (non-hydrogen) atoms. The average molecular weight is 517 g/mol. The van der Waals surface area contributed by atoms with Gasteiger partial charge in [-0.05, 0) is 85.3 Å². The average Bonchev–Trinajstić information content (AvgIpc) is 2.88. The lowest BCUT2D eigenvalue weighted by Gasteiger charge is -2.21. The fourth-order valence-corrected chi connectivity index (χ4v) is 4.06. The van der Waals surface area contributed by atoms with E-state index in [1.54, 1.807) is 24.3 Å². The summed E-state index contributed by atoms with van der Waals surface area (Å²) in [6.07, 6.45) is 2.19. The van der Waals surface area contributed by atoms with Gasteiger partial charge in [-0.15, -0.1) is 0 Å². The van der Waals surface area contributed by atoms with Gasteiger partial charge >= 0.3 is 12.2 Å². The summed E-state index contributed by atoms with van der Waals surface area (Å²) in [5.41, 5.74) is 1.07. The van der Waals surface area contributed by atoms with Crippen LogP contribution in [0, 0.1) is 0 Å². The highest BCUT2D eigenvalue weighted by Gasteiger charge is 2.38. The zero-order valence-electron chi connectivity index (χ0n) is 21.6. The van der Waals surface area contributed by atoms with Gasteiger partial charge in [0.05, 0.1) is 11.1 Å². The first-order chi connectivity index (χ1) is 17.7. The van der Waals surface area contributed by atoms with Crippen molar-refractivity contribution in [2.24, 2.45) is 0 Å². The number of alkyl halides is 4. The van der Waals surface area contributed by atoms with Gasteiger partial charge < -0.3 is 9.47 Å². The van der Waals surface area contributed by atoms with Crippen molar-refractivity contribution in [1.29, 1.82) is 0 Å². The van der Waals surface area contributed by atoms with Crippen LogP contribution in [0.3, 0.4) is 0 Å². The van der Waals surface area contributed by atoms with E-state index in [9.17, 15) is 17.6 Å². The fraction of sp³-hybridized carbons (Fsp3) is 0.419. The van der Waals surface area contributed by atoms with E-state index in [2.05, 4.69) is 13.8 Å². The Kier molecular flexibility index (Phi) is 10.4. The summed E-state index contributed by atoms with van der Waals surface area (Å²) in [6, 6.07) is 16.8. The van der Waals surface area contributed by atoms with Crippen molar-refractivity contribution in [1.82, 2.24) is 0 Å². The summed E-state index contributed by atoms with van der Waals surface area (Å²) < 4.78 is 68.6. The first-order valence-electron chi connectivity index (χ1n) is 13.2. The lowest BCUT2D eigenvalue weighted by atomic mass is 10.1. The number of halogens is 4. The van der Waals surface area contributed by atoms with Crippen LogP contribution in [0.1, 0.15) is 81.0 Å². The molecule has 0 aliphatic rings. The second-order valence-electron chi connectivity index (χ2n) is 9.37. The molecule has 0 saturated heterocycles. The molecular weight excluding hydrogens is 480 g/mol. The van der Waals surface area contributed by atoms with Crippen LogP contribution in [0.25, 0.3) is 0 Å². The highest BCUT2D eigenvalue weighted by Crippen LogP contribution is 2.36. The minimum absolute atomic E-state index is 0.00999. The summed E-state index contributed by atoms with van der Waals surface area (Å²) in [5, 5.41) is 0. The van der Waals surface area contributed by atoms with Crippen LogP contribution in [0.15, 0.2) is 72.8 Å². The van der Waals surface area contributed by atoms with Crippen molar-refractivity contribution in [2.45, 2.75) is 83.9 Å². The van der Waals surface area contributed by atoms with Gasteiger partial charge in [0.15, 0.2) is 0 Å². The maximum atomic E-state index is 14.7. The zero-order chi connectivity index (χ0) is 26.7. The van der Waals surface area contributed by atoms with Gasteiger partial charge in [0, 0.05) is 0 Å². The number of aryl methyl sites for hydroxylation is 2. The Morgan fingerprint density at radius 3 is 1.22 bits per heavy atom. The van der Waals surface area contributed by atoms with Crippen molar-refractivity contribution < 1.29 is 27.0 Å². The van der Waals surface area contributed by atoms with E-state index in [1.165, 1.54) is 30.7 Å². The van der Waals surface area contributed by atoms with Gasteiger partial charge in [-0.2, -0.15) is 17.6 Å². The van der Waals surface area contributed by atoms with E-state index < -0.39 is 23.3 Å². The molecule has 0 aliphatic heterocycles.